The van der Waals surface area contributed by atoms with Crippen LogP contribution < -0.4 is 0 Å². The van der Waals surface area contributed by atoms with E-state index in [1.54, 1.807) is 6.07 Å². The van der Waals surface area contributed by atoms with Crippen LogP contribution >= 0.6 is 0 Å². The Morgan fingerprint density at radius 1 is 1.12 bits per heavy atom. The van der Waals surface area contributed by atoms with Crippen LogP contribution in [0.4, 0.5) is 17.6 Å². The lowest BCUT2D eigenvalue weighted by molar-refractivity contribution is -0.137. The molecular formula is C24H19F4N3O3. The summed E-state index contributed by atoms with van der Waals surface area (Å²) in [6.07, 6.45) is -2.72. The fourth-order valence-electron chi connectivity index (χ4n) is 4.22. The molecule has 5 rings (SSSR count). The average molecular weight is 473 g/mol. The van der Waals surface area contributed by atoms with Crippen molar-refractivity contribution >= 4 is 16.8 Å². The number of carbonyl (C=O) groups excluding carboxylic acids is 1. The minimum atomic E-state index is -4.67. The number of hydrogen-bond acceptors (Lipinski definition) is 4. The van der Waals surface area contributed by atoms with Crippen LogP contribution in [0.1, 0.15) is 39.9 Å². The van der Waals surface area contributed by atoms with Gasteiger partial charge in [0, 0.05) is 43.4 Å². The lowest BCUT2D eigenvalue weighted by atomic mass is 9.86. The van der Waals surface area contributed by atoms with Crippen LogP contribution in [0.3, 0.4) is 0 Å². The molecule has 6 nitrogen and oxygen atoms in total. The Balaban J connectivity index is 1.49. The van der Waals surface area contributed by atoms with Gasteiger partial charge in [-0.3, -0.25) is 4.79 Å². The molecule has 0 bridgehead atoms. The number of aliphatic hydroxyl groups is 1. The van der Waals surface area contributed by atoms with E-state index in [1.165, 1.54) is 30.5 Å². The first-order valence-corrected chi connectivity index (χ1v) is 10.6. The second-order valence-electron chi connectivity index (χ2n) is 8.26. The maximum atomic E-state index is 14.8. The van der Waals surface area contributed by atoms with Gasteiger partial charge in [-0.25, -0.2) is 9.37 Å². The van der Waals surface area contributed by atoms with Gasteiger partial charge in [0.25, 0.3) is 0 Å². The van der Waals surface area contributed by atoms with Crippen LogP contribution in [0.2, 0.25) is 0 Å². The van der Waals surface area contributed by atoms with Crippen LogP contribution in [-0.4, -0.2) is 39.1 Å². The molecule has 0 unspecified atom stereocenters. The summed E-state index contributed by atoms with van der Waals surface area (Å²) in [5.74, 6) is -1.23. The first-order valence-electron chi connectivity index (χ1n) is 10.6. The molecule has 176 valence electrons. The molecular weight excluding hydrogens is 454 g/mol. The van der Waals surface area contributed by atoms with Gasteiger partial charge in [-0.1, -0.05) is 18.2 Å². The number of halogens is 4. The van der Waals surface area contributed by atoms with E-state index in [0.717, 1.165) is 12.1 Å². The number of nitrogens with one attached hydrogen (secondary N) is 2. The summed E-state index contributed by atoms with van der Waals surface area (Å²) in [7, 11) is 0. The highest BCUT2D eigenvalue weighted by molar-refractivity contribution is 6.10. The van der Waals surface area contributed by atoms with Gasteiger partial charge in [0.1, 0.15) is 5.52 Å². The molecule has 3 N–H and O–H groups in total. The zero-order valence-electron chi connectivity index (χ0n) is 17.7. The van der Waals surface area contributed by atoms with Crippen molar-refractivity contribution in [2.24, 2.45) is 0 Å². The molecule has 0 spiro atoms. The number of alkyl halides is 3. The van der Waals surface area contributed by atoms with Crippen molar-refractivity contribution in [2.75, 3.05) is 13.2 Å². The number of imidazole rings is 1. The van der Waals surface area contributed by atoms with Crippen molar-refractivity contribution in [3.8, 4) is 11.5 Å². The summed E-state index contributed by atoms with van der Waals surface area (Å²) in [5.41, 5.74) is -1.61. The van der Waals surface area contributed by atoms with E-state index in [1.807, 2.05) is 0 Å². The Labute approximate surface area is 190 Å². The summed E-state index contributed by atoms with van der Waals surface area (Å²) in [5, 5.41) is 10.9. The minimum absolute atomic E-state index is 0.00448. The third kappa shape index (κ3) is 3.88. The smallest absolute Gasteiger partial charge is 0.385 e. The number of hydrogen-bond donors (Lipinski definition) is 3. The molecule has 0 aliphatic carbocycles. The topological polar surface area (TPSA) is 91.0 Å². The Bertz CT molecular complexity index is 1380. The number of carbonyl (C=O) groups is 1. The van der Waals surface area contributed by atoms with Crippen LogP contribution in [0, 0.1) is 5.82 Å². The van der Waals surface area contributed by atoms with E-state index >= 15 is 0 Å². The van der Waals surface area contributed by atoms with Crippen molar-refractivity contribution in [2.45, 2.75) is 24.6 Å². The lowest BCUT2D eigenvalue weighted by Gasteiger charge is -2.32. The van der Waals surface area contributed by atoms with Gasteiger partial charge in [0.15, 0.2) is 17.4 Å². The number of nitrogens with zero attached hydrogens (tertiary/aromatic N) is 1. The standard InChI is InChI=1S/C24H19F4N3O3/c25-17-10-14(23(33)5-7-34-8-6-23)11-18-20(17)31-22(30-18)19-9-13(12-29-19)21(32)15-3-1-2-4-16(15)24(26,27)28/h1-4,9-12,29,33H,5-8H2,(H,30,31). The quantitative estimate of drug-likeness (QED) is 0.289. The molecule has 2 aromatic heterocycles. The molecule has 0 radical (unpaired) electrons. The highest BCUT2D eigenvalue weighted by Crippen LogP contribution is 2.36. The summed E-state index contributed by atoms with van der Waals surface area (Å²) in [6.45, 7) is 0.724. The number of benzene rings is 2. The van der Waals surface area contributed by atoms with Gasteiger partial charge in [-0.05, 0) is 29.8 Å². The maximum absolute atomic E-state index is 14.8. The summed E-state index contributed by atoms with van der Waals surface area (Å²) >= 11 is 0. The van der Waals surface area contributed by atoms with Gasteiger partial charge >= 0.3 is 6.18 Å². The molecule has 10 heteroatoms. The first-order chi connectivity index (χ1) is 16.2. The Morgan fingerprint density at radius 3 is 2.59 bits per heavy atom. The predicted octanol–water partition coefficient (Wildman–Crippen LogP) is 4.94. The number of H-pyrrole nitrogens is 2. The predicted molar refractivity (Wildman–Crippen MR) is 115 cm³/mol. The number of aromatic nitrogens is 3. The summed E-state index contributed by atoms with van der Waals surface area (Å²) in [6, 6.07) is 8.78. The second-order valence-corrected chi connectivity index (χ2v) is 8.26. The van der Waals surface area contributed by atoms with E-state index in [0.29, 0.717) is 42.8 Å². The third-order valence-corrected chi connectivity index (χ3v) is 6.07. The van der Waals surface area contributed by atoms with Gasteiger partial charge in [-0.2, -0.15) is 13.2 Å². The van der Waals surface area contributed by atoms with Gasteiger partial charge in [0.2, 0.25) is 0 Å². The highest BCUT2D eigenvalue weighted by atomic mass is 19.4. The van der Waals surface area contributed by atoms with Crippen molar-refractivity contribution in [1.29, 1.82) is 0 Å². The number of ketones is 1. The van der Waals surface area contributed by atoms with E-state index in [4.69, 9.17) is 4.74 Å². The molecule has 3 heterocycles. The Morgan fingerprint density at radius 2 is 1.85 bits per heavy atom. The van der Waals surface area contributed by atoms with Gasteiger partial charge in [0.05, 0.1) is 22.4 Å². The van der Waals surface area contributed by atoms with Crippen LogP contribution in [0.25, 0.3) is 22.6 Å². The van der Waals surface area contributed by atoms with Crippen molar-refractivity contribution in [1.82, 2.24) is 15.0 Å². The molecule has 0 atom stereocenters. The molecule has 34 heavy (non-hydrogen) atoms. The van der Waals surface area contributed by atoms with Crippen LogP contribution in [-0.2, 0) is 16.5 Å². The molecule has 4 aromatic rings. The van der Waals surface area contributed by atoms with E-state index in [2.05, 4.69) is 15.0 Å². The largest absolute Gasteiger partial charge is 0.417 e. The number of rotatable bonds is 4. The Kier molecular flexibility index (Phi) is 5.29. The van der Waals surface area contributed by atoms with Crippen LogP contribution in [0.5, 0.6) is 0 Å². The number of aromatic amines is 2. The lowest BCUT2D eigenvalue weighted by Crippen LogP contribution is -2.33. The number of fused-ring (bicyclic) bond motifs is 1. The van der Waals surface area contributed by atoms with Crippen molar-refractivity contribution < 1.29 is 32.2 Å². The van der Waals surface area contributed by atoms with E-state index in [-0.39, 0.29) is 16.9 Å². The minimum Gasteiger partial charge on any atom is -0.385 e. The zero-order chi connectivity index (χ0) is 24.1. The monoisotopic (exact) mass is 473 g/mol. The molecule has 0 amide bonds. The first kappa shape index (κ1) is 22.3. The highest BCUT2D eigenvalue weighted by Gasteiger charge is 2.35. The summed E-state index contributed by atoms with van der Waals surface area (Å²) < 4.78 is 60.0. The second kappa shape index (κ2) is 8.07. The molecule has 1 aliphatic rings. The van der Waals surface area contributed by atoms with Gasteiger partial charge < -0.3 is 19.8 Å². The molecule has 0 saturated carbocycles. The SMILES string of the molecule is O=C(c1c[nH]c(-c2nc3c(F)cc(C4(O)CCOCC4)cc3[nH]2)c1)c1ccccc1C(F)(F)F. The number of ether oxygens (including phenoxy) is 1. The molecule has 1 fully saturated rings. The van der Waals surface area contributed by atoms with Gasteiger partial charge in [-0.15, -0.1) is 0 Å². The fourth-order valence-corrected chi connectivity index (χ4v) is 4.22. The van der Waals surface area contributed by atoms with Crippen LogP contribution in [0.15, 0.2) is 48.7 Å². The molecule has 2 aromatic carbocycles. The third-order valence-electron chi connectivity index (χ3n) is 6.07. The molecule has 1 saturated heterocycles. The molecule has 1 aliphatic heterocycles. The van der Waals surface area contributed by atoms with E-state index < -0.39 is 34.5 Å². The maximum Gasteiger partial charge on any atom is 0.417 e. The normalized spacial score (nSPS) is 16.1. The average Bonchev–Trinajstić information content (AvgIpc) is 3.46. The zero-order valence-corrected chi connectivity index (χ0v) is 17.7. The Hall–Kier alpha value is -3.50. The van der Waals surface area contributed by atoms with Crippen molar-refractivity contribution in [3.63, 3.8) is 0 Å². The fraction of sp³-hybridized carbons (Fsp3) is 0.250. The van der Waals surface area contributed by atoms with E-state index in [9.17, 15) is 27.5 Å². The summed E-state index contributed by atoms with van der Waals surface area (Å²) in [4.78, 5) is 22.8. The van der Waals surface area contributed by atoms with Crippen molar-refractivity contribution in [3.05, 3.63) is 76.7 Å².